The summed E-state index contributed by atoms with van der Waals surface area (Å²) in [5.74, 6) is 0.829. The maximum atomic E-state index is 5.28. The molecule has 0 amide bonds. The van der Waals surface area contributed by atoms with E-state index < -0.39 is 0 Å². The van der Waals surface area contributed by atoms with Crippen LogP contribution < -0.4 is 0 Å². The largest absolute Gasteiger partial charge is 0.400 e. The summed E-state index contributed by atoms with van der Waals surface area (Å²) in [7, 11) is 0. The predicted molar refractivity (Wildman–Crippen MR) is 55.9 cm³/mol. The number of allylic oxidation sites excluding steroid dienone is 5. The quantitative estimate of drug-likeness (QED) is 0.498. The zero-order valence-corrected chi connectivity index (χ0v) is 8.55. The van der Waals surface area contributed by atoms with Crippen LogP contribution in [0.1, 0.15) is 19.8 Å². The van der Waals surface area contributed by atoms with Crippen LogP contribution in [0.5, 0.6) is 0 Å². The van der Waals surface area contributed by atoms with Crippen LogP contribution in [0.15, 0.2) is 36.1 Å². The maximum Gasteiger partial charge on any atom is 0.225 e. The van der Waals surface area contributed by atoms with Crippen LogP contribution in [-0.2, 0) is 8.37 Å². The van der Waals surface area contributed by atoms with Gasteiger partial charge in [-0.05, 0) is 25.0 Å². The summed E-state index contributed by atoms with van der Waals surface area (Å²) in [5.41, 5.74) is 0. The van der Waals surface area contributed by atoms with Gasteiger partial charge in [0.2, 0.25) is 12.3 Å². The highest BCUT2D eigenvalue weighted by atomic mass is 32.2. The molecule has 72 valence electrons. The summed E-state index contributed by atoms with van der Waals surface area (Å²) in [6.07, 6.45) is 11.9. The highest BCUT2D eigenvalue weighted by molar-refractivity contribution is 7.90. The second-order valence-corrected chi connectivity index (χ2v) is 3.15. The van der Waals surface area contributed by atoms with Gasteiger partial charge < -0.3 is 4.18 Å². The first kappa shape index (κ1) is 10.4. The van der Waals surface area contributed by atoms with Crippen LogP contribution in [0.4, 0.5) is 0 Å². The van der Waals surface area contributed by atoms with Crippen LogP contribution >= 0.6 is 12.3 Å². The van der Waals surface area contributed by atoms with Gasteiger partial charge in [-0.25, -0.2) is 0 Å². The molecule has 0 fully saturated rings. The Bertz CT molecular complexity index is 219. The Kier molecular flexibility index (Phi) is 5.45. The van der Waals surface area contributed by atoms with Gasteiger partial charge in [-0.1, -0.05) is 25.2 Å². The van der Waals surface area contributed by atoms with Crippen molar-refractivity contribution in [1.29, 1.82) is 0 Å². The van der Waals surface area contributed by atoms with Crippen molar-refractivity contribution in [3.63, 3.8) is 0 Å². The van der Waals surface area contributed by atoms with Crippen molar-refractivity contribution in [1.82, 2.24) is 0 Å². The molecule has 0 bridgehead atoms. The summed E-state index contributed by atoms with van der Waals surface area (Å²) in [4.78, 5) is 0. The summed E-state index contributed by atoms with van der Waals surface area (Å²) in [5, 5.41) is 0. The zero-order chi connectivity index (χ0) is 9.36. The van der Waals surface area contributed by atoms with E-state index in [2.05, 4.69) is 19.1 Å². The van der Waals surface area contributed by atoms with Gasteiger partial charge in [0.1, 0.15) is 5.76 Å². The lowest BCUT2D eigenvalue weighted by Gasteiger charge is -2.02. The zero-order valence-electron chi connectivity index (χ0n) is 7.73. The molecule has 0 atom stereocenters. The number of hydrogen-bond acceptors (Lipinski definition) is 3. The highest BCUT2D eigenvalue weighted by Gasteiger charge is 1.95. The molecule has 2 nitrogen and oxygen atoms in total. The molecule has 0 spiro atoms. The molecule has 0 heterocycles. The van der Waals surface area contributed by atoms with Crippen LogP contribution in [0, 0.1) is 0 Å². The first-order valence-electron chi connectivity index (χ1n) is 4.43. The second kappa shape index (κ2) is 6.80. The Balaban J connectivity index is 2.19. The van der Waals surface area contributed by atoms with Crippen molar-refractivity contribution in [3.8, 4) is 0 Å². The van der Waals surface area contributed by atoms with Crippen molar-refractivity contribution in [2.75, 3.05) is 6.61 Å². The third-order valence-corrected chi connectivity index (χ3v) is 1.94. The lowest BCUT2D eigenvalue weighted by Crippen LogP contribution is -1.85. The number of rotatable bonds is 5. The van der Waals surface area contributed by atoms with Gasteiger partial charge in [0.15, 0.2) is 0 Å². The molecule has 0 radical (unpaired) electrons. The molecule has 0 saturated carbocycles. The second-order valence-electron chi connectivity index (χ2n) is 2.61. The maximum absolute atomic E-state index is 5.28. The van der Waals surface area contributed by atoms with Crippen molar-refractivity contribution in [2.45, 2.75) is 19.8 Å². The van der Waals surface area contributed by atoms with Crippen molar-refractivity contribution >= 4 is 12.3 Å². The smallest absolute Gasteiger partial charge is 0.225 e. The molecule has 0 N–H and O–H groups in total. The van der Waals surface area contributed by atoms with Gasteiger partial charge in [-0.15, -0.1) is 0 Å². The molecule has 13 heavy (non-hydrogen) atoms. The average Bonchev–Trinajstić information content (AvgIpc) is 2.41. The molecule has 1 rings (SSSR count). The van der Waals surface area contributed by atoms with Crippen LogP contribution in [0.2, 0.25) is 0 Å². The van der Waals surface area contributed by atoms with E-state index in [4.69, 9.17) is 8.37 Å². The van der Waals surface area contributed by atoms with E-state index in [0.717, 1.165) is 37.5 Å². The van der Waals surface area contributed by atoms with Crippen molar-refractivity contribution < 1.29 is 8.37 Å². The van der Waals surface area contributed by atoms with E-state index in [9.17, 15) is 0 Å². The van der Waals surface area contributed by atoms with Crippen molar-refractivity contribution in [3.05, 3.63) is 36.1 Å². The molecule has 0 saturated heterocycles. The van der Waals surface area contributed by atoms with E-state index in [-0.39, 0.29) is 0 Å². The lowest BCUT2D eigenvalue weighted by molar-refractivity contribution is 0.328. The fraction of sp³-hybridized carbons (Fsp3) is 0.400. The van der Waals surface area contributed by atoms with E-state index in [0.29, 0.717) is 0 Å². The normalized spacial score (nSPS) is 15.3. The van der Waals surface area contributed by atoms with Gasteiger partial charge in [-0.2, -0.15) is 0 Å². The molecular formula is C10H14O2S. The average molecular weight is 198 g/mol. The van der Waals surface area contributed by atoms with E-state index in [1.807, 2.05) is 18.2 Å². The molecule has 0 unspecified atom stereocenters. The first-order chi connectivity index (χ1) is 6.43. The molecule has 0 aromatic heterocycles. The topological polar surface area (TPSA) is 18.5 Å². The van der Waals surface area contributed by atoms with Crippen molar-refractivity contribution in [2.24, 2.45) is 0 Å². The SMILES string of the molecule is CCCOSOC1=CC=CCC=C1. The van der Waals surface area contributed by atoms with Gasteiger partial charge in [0.05, 0.1) is 6.61 Å². The Labute approximate surface area is 83.7 Å². The Morgan fingerprint density at radius 3 is 3.23 bits per heavy atom. The third kappa shape index (κ3) is 4.80. The monoisotopic (exact) mass is 198 g/mol. The Morgan fingerprint density at radius 2 is 2.38 bits per heavy atom. The lowest BCUT2D eigenvalue weighted by atomic mass is 10.4. The minimum Gasteiger partial charge on any atom is -0.400 e. The molecule has 3 heteroatoms. The number of hydrogen-bond donors (Lipinski definition) is 0. The predicted octanol–water partition coefficient (Wildman–Crippen LogP) is 3.39. The van der Waals surface area contributed by atoms with Gasteiger partial charge >= 0.3 is 0 Å². The molecule has 1 aliphatic rings. The highest BCUT2D eigenvalue weighted by Crippen LogP contribution is 2.15. The molecule has 1 aliphatic carbocycles. The Hall–Kier alpha value is -0.670. The van der Waals surface area contributed by atoms with Crippen LogP contribution in [0.3, 0.4) is 0 Å². The first-order valence-corrected chi connectivity index (χ1v) is 5.09. The fourth-order valence-electron chi connectivity index (χ4n) is 0.796. The molecule has 0 aromatic rings. The fourth-order valence-corrected chi connectivity index (χ4v) is 1.27. The summed E-state index contributed by atoms with van der Waals surface area (Å²) in [6.45, 7) is 2.78. The van der Waals surface area contributed by atoms with Gasteiger partial charge in [0.25, 0.3) is 0 Å². The minimum absolute atomic E-state index is 0.720. The molecule has 0 aromatic carbocycles. The molecular weight excluding hydrogens is 184 g/mol. The summed E-state index contributed by atoms with van der Waals surface area (Å²) >= 11 is 1.04. The van der Waals surface area contributed by atoms with Gasteiger partial charge in [0, 0.05) is 0 Å². The van der Waals surface area contributed by atoms with Crippen LogP contribution in [0.25, 0.3) is 0 Å². The molecule has 0 aliphatic heterocycles. The third-order valence-electron chi connectivity index (χ3n) is 1.42. The standard InChI is InChI=1S/C10H14O2S/c1-2-9-11-13-12-10-7-5-3-4-6-8-10/h3,5-8H,2,4,9H2,1H3. The van der Waals surface area contributed by atoms with E-state index >= 15 is 0 Å². The summed E-state index contributed by atoms with van der Waals surface area (Å²) < 4.78 is 10.4. The summed E-state index contributed by atoms with van der Waals surface area (Å²) in [6, 6.07) is 0. The Morgan fingerprint density at radius 1 is 1.46 bits per heavy atom. The van der Waals surface area contributed by atoms with Crippen LogP contribution in [-0.4, -0.2) is 6.61 Å². The van der Waals surface area contributed by atoms with Gasteiger partial charge in [-0.3, -0.25) is 4.18 Å². The minimum atomic E-state index is 0.720. The van der Waals surface area contributed by atoms with E-state index in [1.54, 1.807) is 0 Å². The van der Waals surface area contributed by atoms with E-state index in [1.165, 1.54) is 0 Å².